The predicted molar refractivity (Wildman–Crippen MR) is 91.1 cm³/mol. The number of piperidine rings is 1. The molecule has 3 nitrogen and oxygen atoms in total. The summed E-state index contributed by atoms with van der Waals surface area (Å²) >= 11 is 0. The van der Waals surface area contributed by atoms with Crippen LogP contribution in [0.25, 0.3) is 0 Å². The Balaban J connectivity index is 1.44. The molecule has 0 spiro atoms. The van der Waals surface area contributed by atoms with Crippen LogP contribution < -0.4 is 0 Å². The Morgan fingerprint density at radius 3 is 2.58 bits per heavy atom. The van der Waals surface area contributed by atoms with Crippen molar-refractivity contribution in [2.24, 2.45) is 5.92 Å². The molecule has 2 aliphatic heterocycles. The van der Waals surface area contributed by atoms with E-state index in [1.165, 1.54) is 11.6 Å². The van der Waals surface area contributed by atoms with Gasteiger partial charge >= 0.3 is 0 Å². The molecular formula is C20H21FN2O. The average Bonchev–Trinajstić information content (AvgIpc) is 2.60. The van der Waals surface area contributed by atoms with Gasteiger partial charge in [0, 0.05) is 32.2 Å². The van der Waals surface area contributed by atoms with Crippen molar-refractivity contribution in [2.75, 3.05) is 19.6 Å². The highest BCUT2D eigenvalue weighted by Crippen LogP contribution is 2.34. The van der Waals surface area contributed by atoms with Crippen LogP contribution >= 0.6 is 0 Å². The highest BCUT2D eigenvalue weighted by molar-refractivity contribution is 5.94. The molecule has 0 aromatic heterocycles. The molecule has 0 aliphatic carbocycles. The van der Waals surface area contributed by atoms with Crippen molar-refractivity contribution in [3.63, 3.8) is 0 Å². The van der Waals surface area contributed by atoms with E-state index >= 15 is 0 Å². The van der Waals surface area contributed by atoms with E-state index in [4.69, 9.17) is 0 Å². The minimum atomic E-state index is -0.431. The highest BCUT2D eigenvalue weighted by atomic mass is 19.1. The third-order valence-electron chi connectivity index (χ3n) is 5.28. The molecule has 4 rings (SSSR count). The van der Waals surface area contributed by atoms with Gasteiger partial charge in [0.2, 0.25) is 0 Å². The Labute approximate surface area is 141 Å². The van der Waals surface area contributed by atoms with Gasteiger partial charge < -0.3 is 4.90 Å². The Morgan fingerprint density at radius 1 is 1.04 bits per heavy atom. The predicted octanol–water partition coefficient (Wildman–Crippen LogP) is 3.17. The quantitative estimate of drug-likeness (QED) is 0.866. The molecule has 1 amide bonds. The molecule has 2 atom stereocenters. The third kappa shape index (κ3) is 2.82. The number of carbonyl (C=O) groups excluding carboxylic acids is 1. The number of likely N-dealkylation sites (tertiary alicyclic amines) is 2. The van der Waals surface area contributed by atoms with Crippen molar-refractivity contribution < 1.29 is 9.18 Å². The first-order valence-corrected chi connectivity index (χ1v) is 8.54. The van der Waals surface area contributed by atoms with E-state index in [0.29, 0.717) is 18.5 Å². The van der Waals surface area contributed by atoms with E-state index < -0.39 is 5.82 Å². The lowest BCUT2D eigenvalue weighted by molar-refractivity contribution is -0.0428. The molecular weight excluding hydrogens is 303 g/mol. The van der Waals surface area contributed by atoms with Crippen LogP contribution in [0.2, 0.25) is 0 Å². The summed E-state index contributed by atoms with van der Waals surface area (Å²) in [5.74, 6) is 0.0517. The van der Waals surface area contributed by atoms with E-state index in [2.05, 4.69) is 29.2 Å². The summed E-state index contributed by atoms with van der Waals surface area (Å²) in [6.45, 7) is 3.45. The second kappa shape index (κ2) is 6.36. The molecule has 0 radical (unpaired) electrons. The molecule has 0 unspecified atom stereocenters. The number of hydrogen-bond acceptors (Lipinski definition) is 2. The Hall–Kier alpha value is -2.20. The molecule has 4 heteroatoms. The number of amides is 1. The topological polar surface area (TPSA) is 23.6 Å². The van der Waals surface area contributed by atoms with E-state index in [0.717, 1.165) is 26.1 Å². The molecule has 2 fully saturated rings. The number of nitrogens with zero attached hydrogens (tertiary/aromatic N) is 2. The summed E-state index contributed by atoms with van der Waals surface area (Å²) in [6.07, 6.45) is 1.01. The van der Waals surface area contributed by atoms with Gasteiger partial charge in [-0.1, -0.05) is 42.5 Å². The molecule has 0 N–H and O–H groups in total. The van der Waals surface area contributed by atoms with E-state index in [-0.39, 0.29) is 11.5 Å². The van der Waals surface area contributed by atoms with Crippen LogP contribution in [0.5, 0.6) is 0 Å². The van der Waals surface area contributed by atoms with Gasteiger partial charge in [0.05, 0.1) is 5.56 Å². The Bertz CT molecular complexity index is 733. The van der Waals surface area contributed by atoms with Crippen LogP contribution in [0.4, 0.5) is 4.39 Å². The zero-order valence-electron chi connectivity index (χ0n) is 13.6. The second-order valence-electron chi connectivity index (χ2n) is 6.76. The van der Waals surface area contributed by atoms with Gasteiger partial charge in [0.1, 0.15) is 5.82 Å². The lowest BCUT2D eigenvalue weighted by atomic mass is 9.81. The van der Waals surface area contributed by atoms with Crippen LogP contribution in [0.1, 0.15) is 22.3 Å². The van der Waals surface area contributed by atoms with Gasteiger partial charge in [0.25, 0.3) is 5.91 Å². The third-order valence-corrected chi connectivity index (χ3v) is 5.28. The van der Waals surface area contributed by atoms with Crippen LogP contribution in [-0.4, -0.2) is 41.4 Å². The van der Waals surface area contributed by atoms with Crippen LogP contribution in [-0.2, 0) is 6.54 Å². The average molecular weight is 324 g/mol. The van der Waals surface area contributed by atoms with E-state index in [1.807, 2.05) is 11.0 Å². The van der Waals surface area contributed by atoms with Gasteiger partial charge in [-0.05, 0) is 30.0 Å². The SMILES string of the molecule is O=C(c1ccccc1F)N1CC[C@@H]2CN(Cc3ccccc3)[C@@H]2C1. The van der Waals surface area contributed by atoms with Gasteiger partial charge in [-0.15, -0.1) is 0 Å². The molecule has 2 aliphatic rings. The molecule has 124 valence electrons. The van der Waals surface area contributed by atoms with E-state index in [9.17, 15) is 9.18 Å². The normalized spacial score (nSPS) is 23.5. The van der Waals surface area contributed by atoms with Crippen LogP contribution in [0.3, 0.4) is 0 Å². The molecule has 2 aromatic rings. The van der Waals surface area contributed by atoms with Crippen molar-refractivity contribution in [1.29, 1.82) is 0 Å². The Morgan fingerprint density at radius 2 is 1.79 bits per heavy atom. The first kappa shape index (κ1) is 15.3. The van der Waals surface area contributed by atoms with Crippen LogP contribution in [0, 0.1) is 11.7 Å². The molecule has 0 saturated carbocycles. The summed E-state index contributed by atoms with van der Waals surface area (Å²) in [4.78, 5) is 16.9. The number of hydrogen-bond donors (Lipinski definition) is 0. The van der Waals surface area contributed by atoms with E-state index in [1.54, 1.807) is 18.2 Å². The molecule has 2 saturated heterocycles. The number of halogens is 1. The molecule has 0 bridgehead atoms. The number of carbonyl (C=O) groups is 1. The van der Waals surface area contributed by atoms with Gasteiger partial charge in [-0.25, -0.2) is 4.39 Å². The maximum absolute atomic E-state index is 13.9. The van der Waals surface area contributed by atoms with Crippen molar-refractivity contribution in [1.82, 2.24) is 9.80 Å². The first-order valence-electron chi connectivity index (χ1n) is 8.54. The lowest BCUT2D eigenvalue weighted by Crippen LogP contribution is -2.64. The molecule has 24 heavy (non-hydrogen) atoms. The monoisotopic (exact) mass is 324 g/mol. The molecule has 2 heterocycles. The second-order valence-corrected chi connectivity index (χ2v) is 6.76. The smallest absolute Gasteiger partial charge is 0.256 e. The summed E-state index contributed by atoms with van der Waals surface area (Å²) in [7, 11) is 0. The van der Waals surface area contributed by atoms with Crippen molar-refractivity contribution in [3.05, 3.63) is 71.5 Å². The van der Waals surface area contributed by atoms with Crippen molar-refractivity contribution in [2.45, 2.75) is 19.0 Å². The zero-order valence-corrected chi connectivity index (χ0v) is 13.6. The summed E-state index contributed by atoms with van der Waals surface area (Å²) in [5, 5.41) is 0. The minimum absolute atomic E-state index is 0.182. The number of fused-ring (bicyclic) bond motifs is 1. The van der Waals surface area contributed by atoms with Gasteiger partial charge in [0.15, 0.2) is 0 Å². The minimum Gasteiger partial charge on any atom is -0.337 e. The summed E-state index contributed by atoms with van der Waals surface area (Å²) < 4.78 is 13.9. The fourth-order valence-electron chi connectivity index (χ4n) is 3.89. The van der Waals surface area contributed by atoms with Gasteiger partial charge in [-0.3, -0.25) is 9.69 Å². The first-order chi connectivity index (χ1) is 11.7. The van der Waals surface area contributed by atoms with Crippen LogP contribution in [0.15, 0.2) is 54.6 Å². The lowest BCUT2D eigenvalue weighted by Gasteiger charge is -2.53. The molecule has 2 aromatic carbocycles. The van der Waals surface area contributed by atoms with Gasteiger partial charge in [-0.2, -0.15) is 0 Å². The maximum Gasteiger partial charge on any atom is 0.256 e. The van der Waals surface area contributed by atoms with Crippen molar-refractivity contribution >= 4 is 5.91 Å². The number of benzene rings is 2. The fourth-order valence-corrected chi connectivity index (χ4v) is 3.89. The highest BCUT2D eigenvalue weighted by Gasteiger charge is 2.43. The zero-order chi connectivity index (χ0) is 16.5. The standard InChI is InChI=1S/C20H21FN2O/c21-18-9-5-4-8-17(18)20(24)22-11-10-16-13-23(19(16)14-22)12-15-6-2-1-3-7-15/h1-9,16,19H,10-14H2/t16-,19-/m1/s1. The number of rotatable bonds is 3. The van der Waals surface area contributed by atoms with Crippen molar-refractivity contribution in [3.8, 4) is 0 Å². The summed E-state index contributed by atoms with van der Waals surface area (Å²) in [5.41, 5.74) is 1.48. The largest absolute Gasteiger partial charge is 0.337 e. The Kier molecular flexibility index (Phi) is 4.07. The maximum atomic E-state index is 13.9. The fraction of sp³-hybridized carbons (Fsp3) is 0.350. The summed E-state index contributed by atoms with van der Waals surface area (Å²) in [6, 6.07) is 17.1.